The van der Waals surface area contributed by atoms with Crippen molar-refractivity contribution < 1.29 is 9.59 Å². The first-order valence-corrected chi connectivity index (χ1v) is 9.69. The van der Waals surface area contributed by atoms with Crippen molar-refractivity contribution in [3.8, 4) is 11.1 Å². The van der Waals surface area contributed by atoms with E-state index < -0.39 is 0 Å². The molecule has 0 saturated heterocycles. The van der Waals surface area contributed by atoms with Crippen LogP contribution in [0, 0.1) is 0 Å². The van der Waals surface area contributed by atoms with Crippen LogP contribution in [0.2, 0.25) is 0 Å². The summed E-state index contributed by atoms with van der Waals surface area (Å²) in [5, 5.41) is 6.89. The van der Waals surface area contributed by atoms with Crippen molar-refractivity contribution in [2.45, 2.75) is 6.92 Å². The molecule has 0 radical (unpaired) electrons. The molecular formula is C23H18N2O2S. The Morgan fingerprint density at radius 2 is 1.61 bits per heavy atom. The fourth-order valence-electron chi connectivity index (χ4n) is 3.09. The number of amides is 2. The molecule has 4 rings (SSSR count). The van der Waals surface area contributed by atoms with E-state index in [0.29, 0.717) is 4.88 Å². The molecule has 1 heterocycles. The smallest absolute Gasteiger partial charge is 0.265 e. The topological polar surface area (TPSA) is 58.2 Å². The summed E-state index contributed by atoms with van der Waals surface area (Å²) in [5.74, 6) is -0.254. The Hall–Kier alpha value is -3.44. The fourth-order valence-corrected chi connectivity index (χ4v) is 4.05. The molecule has 0 atom stereocenters. The van der Waals surface area contributed by atoms with Gasteiger partial charge in [-0.3, -0.25) is 9.59 Å². The molecular weight excluding hydrogens is 368 g/mol. The molecule has 0 unspecified atom stereocenters. The fraction of sp³-hybridized carbons (Fsp3) is 0.0435. The maximum Gasteiger partial charge on any atom is 0.265 e. The van der Waals surface area contributed by atoms with E-state index in [-0.39, 0.29) is 11.8 Å². The molecule has 0 spiro atoms. The second-order valence-corrected chi connectivity index (χ2v) is 7.49. The molecule has 28 heavy (non-hydrogen) atoms. The summed E-state index contributed by atoms with van der Waals surface area (Å²) in [7, 11) is 0. The highest BCUT2D eigenvalue weighted by molar-refractivity contribution is 7.20. The van der Waals surface area contributed by atoms with E-state index in [4.69, 9.17) is 0 Å². The van der Waals surface area contributed by atoms with Gasteiger partial charge in [0.2, 0.25) is 5.91 Å². The number of benzene rings is 3. The molecule has 4 nitrogen and oxygen atoms in total. The van der Waals surface area contributed by atoms with Crippen LogP contribution in [0.4, 0.5) is 11.4 Å². The summed E-state index contributed by atoms with van der Waals surface area (Å²) in [5.41, 5.74) is 3.25. The molecule has 4 aromatic rings. The molecule has 1 aromatic heterocycles. The molecule has 0 bridgehead atoms. The second kappa shape index (κ2) is 7.66. The Kier molecular flexibility index (Phi) is 4.91. The molecule has 3 aromatic carbocycles. The molecule has 138 valence electrons. The van der Waals surface area contributed by atoms with Gasteiger partial charge in [-0.25, -0.2) is 0 Å². The van der Waals surface area contributed by atoms with E-state index in [0.717, 1.165) is 32.6 Å². The number of hydrogen-bond acceptors (Lipinski definition) is 3. The SMILES string of the molecule is CC(=O)Nc1cccc(-c2ccccc2NC(=O)c2cc3ccccc3s2)c1. The van der Waals surface area contributed by atoms with Gasteiger partial charge < -0.3 is 10.6 Å². The number of thiophene rings is 1. The maximum atomic E-state index is 12.8. The van der Waals surface area contributed by atoms with Crippen molar-refractivity contribution in [1.29, 1.82) is 0 Å². The van der Waals surface area contributed by atoms with Crippen LogP contribution >= 0.6 is 11.3 Å². The molecule has 0 aliphatic rings. The van der Waals surface area contributed by atoms with Crippen molar-refractivity contribution in [2.24, 2.45) is 0 Å². The van der Waals surface area contributed by atoms with Crippen molar-refractivity contribution in [3.63, 3.8) is 0 Å². The highest BCUT2D eigenvalue weighted by atomic mass is 32.1. The molecule has 2 amide bonds. The summed E-state index contributed by atoms with van der Waals surface area (Å²) >= 11 is 1.48. The lowest BCUT2D eigenvalue weighted by Crippen LogP contribution is -2.11. The van der Waals surface area contributed by atoms with Gasteiger partial charge in [-0.1, -0.05) is 48.5 Å². The second-order valence-electron chi connectivity index (χ2n) is 6.41. The normalized spacial score (nSPS) is 10.6. The van der Waals surface area contributed by atoms with Gasteiger partial charge in [-0.15, -0.1) is 11.3 Å². The van der Waals surface area contributed by atoms with Crippen molar-refractivity contribution in [2.75, 3.05) is 10.6 Å². The Balaban J connectivity index is 1.64. The summed E-state index contributed by atoms with van der Waals surface area (Å²) < 4.78 is 1.09. The number of nitrogens with one attached hydrogen (secondary N) is 2. The van der Waals surface area contributed by atoms with Crippen LogP contribution < -0.4 is 10.6 Å². The Labute approximate surface area is 166 Å². The number of fused-ring (bicyclic) bond motifs is 1. The largest absolute Gasteiger partial charge is 0.326 e. The standard InChI is InChI=1S/C23H18N2O2S/c1-15(26)24-18-9-6-8-16(13-18)19-10-3-4-11-20(19)25-23(27)22-14-17-7-2-5-12-21(17)28-22/h2-14H,1H3,(H,24,26)(H,25,27). The van der Waals surface area contributed by atoms with Crippen molar-refractivity contribution in [3.05, 3.63) is 83.7 Å². The van der Waals surface area contributed by atoms with Crippen molar-refractivity contribution in [1.82, 2.24) is 0 Å². The van der Waals surface area contributed by atoms with E-state index >= 15 is 0 Å². The van der Waals surface area contributed by atoms with Gasteiger partial charge >= 0.3 is 0 Å². The predicted molar refractivity (Wildman–Crippen MR) is 116 cm³/mol. The zero-order valence-corrected chi connectivity index (χ0v) is 16.0. The van der Waals surface area contributed by atoms with Gasteiger partial charge in [-0.2, -0.15) is 0 Å². The minimum atomic E-state index is -0.133. The lowest BCUT2D eigenvalue weighted by Gasteiger charge is -2.12. The predicted octanol–water partition coefficient (Wildman–Crippen LogP) is 5.78. The molecule has 0 aliphatic heterocycles. The molecule has 0 fully saturated rings. The summed E-state index contributed by atoms with van der Waals surface area (Å²) in [6, 6.07) is 25.1. The maximum absolute atomic E-state index is 12.8. The van der Waals surface area contributed by atoms with Crippen LogP contribution in [-0.2, 0) is 4.79 Å². The van der Waals surface area contributed by atoms with E-state index in [1.165, 1.54) is 18.3 Å². The molecule has 2 N–H and O–H groups in total. The van der Waals surface area contributed by atoms with Gasteiger partial charge in [-0.05, 0) is 41.3 Å². The number of carbonyl (C=O) groups is 2. The lowest BCUT2D eigenvalue weighted by molar-refractivity contribution is -0.114. The Morgan fingerprint density at radius 1 is 0.821 bits per heavy atom. The van der Waals surface area contributed by atoms with E-state index in [1.807, 2.05) is 78.9 Å². The van der Waals surface area contributed by atoms with Gasteiger partial charge in [0.25, 0.3) is 5.91 Å². The molecule has 0 saturated carbocycles. The average Bonchev–Trinajstić information content (AvgIpc) is 3.12. The first-order valence-electron chi connectivity index (χ1n) is 8.87. The summed E-state index contributed by atoms with van der Waals surface area (Å²) in [6.07, 6.45) is 0. The summed E-state index contributed by atoms with van der Waals surface area (Å²) in [6.45, 7) is 1.48. The van der Waals surface area contributed by atoms with Crippen LogP contribution in [0.1, 0.15) is 16.6 Å². The van der Waals surface area contributed by atoms with E-state index in [2.05, 4.69) is 10.6 Å². The Bertz CT molecular complexity index is 1150. The number of rotatable bonds is 4. The van der Waals surface area contributed by atoms with E-state index in [9.17, 15) is 9.59 Å². The third-order valence-electron chi connectivity index (χ3n) is 4.32. The van der Waals surface area contributed by atoms with Crippen LogP contribution in [0.15, 0.2) is 78.9 Å². The van der Waals surface area contributed by atoms with Crippen LogP contribution in [-0.4, -0.2) is 11.8 Å². The quantitative estimate of drug-likeness (QED) is 0.467. The minimum absolute atomic E-state index is 0.122. The first-order chi connectivity index (χ1) is 13.6. The zero-order valence-electron chi connectivity index (χ0n) is 15.2. The third kappa shape index (κ3) is 3.80. The first kappa shape index (κ1) is 17.9. The van der Waals surface area contributed by atoms with Gasteiger partial charge in [0.1, 0.15) is 0 Å². The zero-order chi connectivity index (χ0) is 19.5. The number of para-hydroxylation sites is 1. The van der Waals surface area contributed by atoms with E-state index in [1.54, 1.807) is 0 Å². The monoisotopic (exact) mass is 386 g/mol. The lowest BCUT2D eigenvalue weighted by atomic mass is 10.0. The number of anilines is 2. The Morgan fingerprint density at radius 3 is 2.43 bits per heavy atom. The van der Waals surface area contributed by atoms with Gasteiger partial charge in [0, 0.05) is 28.6 Å². The molecule has 5 heteroatoms. The number of hydrogen-bond donors (Lipinski definition) is 2. The number of carbonyl (C=O) groups excluding carboxylic acids is 2. The van der Waals surface area contributed by atoms with Crippen LogP contribution in [0.5, 0.6) is 0 Å². The highest BCUT2D eigenvalue weighted by Gasteiger charge is 2.13. The van der Waals surface area contributed by atoms with Crippen molar-refractivity contribution >= 4 is 44.6 Å². The summed E-state index contributed by atoms with van der Waals surface area (Å²) in [4.78, 5) is 24.8. The average molecular weight is 386 g/mol. The minimum Gasteiger partial charge on any atom is -0.326 e. The van der Waals surface area contributed by atoms with Crippen LogP contribution in [0.3, 0.4) is 0 Å². The highest BCUT2D eigenvalue weighted by Crippen LogP contribution is 2.31. The molecule has 0 aliphatic carbocycles. The van der Waals surface area contributed by atoms with Gasteiger partial charge in [0.15, 0.2) is 0 Å². The third-order valence-corrected chi connectivity index (χ3v) is 5.43. The van der Waals surface area contributed by atoms with Crippen LogP contribution in [0.25, 0.3) is 21.2 Å². The van der Waals surface area contributed by atoms with Gasteiger partial charge in [0.05, 0.1) is 4.88 Å².